The van der Waals surface area contributed by atoms with E-state index in [2.05, 4.69) is 13.8 Å². The summed E-state index contributed by atoms with van der Waals surface area (Å²) in [5.41, 5.74) is 0.151. The Morgan fingerprint density at radius 2 is 1.93 bits per heavy atom. The molecule has 0 heterocycles. The molecule has 5 heteroatoms. The van der Waals surface area contributed by atoms with Crippen LogP contribution in [0.15, 0.2) is 11.1 Å². The van der Waals surface area contributed by atoms with Crippen molar-refractivity contribution in [3.8, 4) is 0 Å². The van der Waals surface area contributed by atoms with Gasteiger partial charge in [0.05, 0.1) is 0 Å². The third kappa shape index (κ3) is 2.95. The molecule has 0 aromatic heterocycles. The fourth-order valence-electron chi connectivity index (χ4n) is 1.40. The molecule has 3 nitrogen and oxygen atoms in total. The summed E-state index contributed by atoms with van der Waals surface area (Å²) < 4.78 is 0. The minimum atomic E-state index is -1.43. The van der Waals surface area contributed by atoms with Crippen LogP contribution >= 0.6 is 23.2 Å². The van der Waals surface area contributed by atoms with E-state index in [-0.39, 0.29) is 16.4 Å². The van der Waals surface area contributed by atoms with Gasteiger partial charge in [0, 0.05) is 5.03 Å². The van der Waals surface area contributed by atoms with Crippen molar-refractivity contribution < 1.29 is 14.7 Å². The summed E-state index contributed by atoms with van der Waals surface area (Å²) in [6.07, 6.45) is 2.58. The Labute approximate surface area is 98.1 Å². The molecule has 1 rings (SSSR count). The Balaban J connectivity index is 2.78. The number of aliphatic carboxylic acids is 1. The van der Waals surface area contributed by atoms with Crippen molar-refractivity contribution in [2.75, 3.05) is 0 Å². The zero-order chi connectivity index (χ0) is 11.8. The summed E-state index contributed by atoms with van der Waals surface area (Å²) >= 11 is 10.9. The maximum atomic E-state index is 10.8. The van der Waals surface area contributed by atoms with E-state index in [1.54, 1.807) is 6.08 Å². The van der Waals surface area contributed by atoms with E-state index in [9.17, 15) is 9.59 Å². The predicted octanol–water partition coefficient (Wildman–Crippen LogP) is 2.62. The first-order chi connectivity index (χ1) is 6.75. The summed E-state index contributed by atoms with van der Waals surface area (Å²) in [7, 11) is 0. The smallest absolute Gasteiger partial charge is 0.320 e. The van der Waals surface area contributed by atoms with E-state index < -0.39 is 17.1 Å². The van der Waals surface area contributed by atoms with Gasteiger partial charge >= 0.3 is 5.97 Å². The molecule has 84 valence electrons. The van der Waals surface area contributed by atoms with E-state index in [4.69, 9.17) is 28.3 Å². The van der Waals surface area contributed by atoms with Crippen LogP contribution in [0.5, 0.6) is 0 Å². The molecule has 1 fully saturated rings. The minimum absolute atomic E-state index is 0.0121. The van der Waals surface area contributed by atoms with Crippen molar-refractivity contribution in [1.82, 2.24) is 0 Å². The number of allylic oxidation sites excluding steroid dienone is 1. The third-order valence-corrected chi connectivity index (χ3v) is 3.26. The molecule has 0 aliphatic heterocycles. The van der Waals surface area contributed by atoms with Crippen LogP contribution in [0.25, 0.3) is 0 Å². The highest BCUT2D eigenvalue weighted by atomic mass is 35.5. The molecular formula is C10H12Cl2O3. The molecule has 0 radical (unpaired) electrons. The molecule has 0 saturated heterocycles. The zero-order valence-electron chi connectivity index (χ0n) is 8.46. The summed E-state index contributed by atoms with van der Waals surface area (Å²) in [5, 5.41) is 7.80. The van der Waals surface area contributed by atoms with Crippen molar-refractivity contribution in [2.24, 2.45) is 17.3 Å². The number of carbonyl (C=O) groups excluding carboxylic acids is 1. The Kier molecular flexibility index (Phi) is 3.46. The summed E-state index contributed by atoms with van der Waals surface area (Å²) in [6.45, 7) is 4.10. The first kappa shape index (κ1) is 12.5. The fraction of sp³-hybridized carbons (Fsp3) is 0.600. The van der Waals surface area contributed by atoms with E-state index >= 15 is 0 Å². The standard InChI is InChI=1S/C10H12Cl2O3/c1-10(2)4-5(10)3-6(11)7(8(12)13)9(14)15/h3,5,7H,4H2,1-2H3,(H,14,15)/b6-3-. The van der Waals surface area contributed by atoms with Crippen LogP contribution in [0.4, 0.5) is 0 Å². The monoisotopic (exact) mass is 250 g/mol. The molecule has 0 bridgehead atoms. The number of halogens is 2. The van der Waals surface area contributed by atoms with Crippen molar-refractivity contribution in [2.45, 2.75) is 20.3 Å². The van der Waals surface area contributed by atoms with Crippen LogP contribution in [0.2, 0.25) is 0 Å². The van der Waals surface area contributed by atoms with E-state index in [1.165, 1.54) is 0 Å². The van der Waals surface area contributed by atoms with Gasteiger partial charge in [-0.05, 0) is 29.4 Å². The predicted molar refractivity (Wildman–Crippen MR) is 57.8 cm³/mol. The van der Waals surface area contributed by atoms with Crippen molar-refractivity contribution in [3.63, 3.8) is 0 Å². The maximum absolute atomic E-state index is 10.8. The lowest BCUT2D eigenvalue weighted by Crippen LogP contribution is -2.20. The SMILES string of the molecule is CC1(C)CC1/C=C(\Cl)C(C(=O)O)C(=O)Cl. The second kappa shape index (κ2) is 4.14. The summed E-state index contributed by atoms with van der Waals surface area (Å²) in [4.78, 5) is 21.6. The summed E-state index contributed by atoms with van der Waals surface area (Å²) in [5.74, 6) is -2.50. The van der Waals surface area contributed by atoms with Gasteiger partial charge in [-0.3, -0.25) is 9.59 Å². The van der Waals surface area contributed by atoms with Crippen LogP contribution in [-0.2, 0) is 9.59 Å². The van der Waals surface area contributed by atoms with E-state index in [0.29, 0.717) is 0 Å². The van der Waals surface area contributed by atoms with Gasteiger partial charge in [0.1, 0.15) is 0 Å². The van der Waals surface area contributed by atoms with Crippen molar-refractivity contribution >= 4 is 34.4 Å². The molecular weight excluding hydrogens is 239 g/mol. The highest BCUT2D eigenvalue weighted by molar-refractivity contribution is 6.66. The number of hydrogen-bond acceptors (Lipinski definition) is 2. The Bertz CT molecular complexity index is 320. The topological polar surface area (TPSA) is 54.4 Å². The molecule has 0 spiro atoms. The van der Waals surface area contributed by atoms with Gasteiger partial charge in [-0.2, -0.15) is 0 Å². The minimum Gasteiger partial charge on any atom is -0.480 e. The van der Waals surface area contributed by atoms with Crippen LogP contribution in [-0.4, -0.2) is 16.3 Å². The first-order valence-corrected chi connectivity index (χ1v) is 5.30. The lowest BCUT2D eigenvalue weighted by molar-refractivity contribution is -0.142. The molecule has 15 heavy (non-hydrogen) atoms. The van der Waals surface area contributed by atoms with Crippen LogP contribution < -0.4 is 0 Å². The highest BCUT2D eigenvalue weighted by Crippen LogP contribution is 2.53. The van der Waals surface area contributed by atoms with Gasteiger partial charge < -0.3 is 5.11 Å². The average Bonchev–Trinajstić information content (AvgIpc) is 2.55. The molecule has 0 amide bonds. The Morgan fingerprint density at radius 1 is 1.47 bits per heavy atom. The van der Waals surface area contributed by atoms with Crippen LogP contribution in [0.1, 0.15) is 20.3 Å². The molecule has 0 aromatic rings. The lowest BCUT2D eigenvalue weighted by Gasteiger charge is -2.06. The van der Waals surface area contributed by atoms with Crippen LogP contribution in [0.3, 0.4) is 0 Å². The van der Waals surface area contributed by atoms with Gasteiger partial charge in [-0.1, -0.05) is 31.5 Å². The molecule has 1 aliphatic rings. The second-order valence-corrected chi connectivity index (χ2v) is 5.24. The van der Waals surface area contributed by atoms with Gasteiger partial charge in [-0.15, -0.1) is 0 Å². The maximum Gasteiger partial charge on any atom is 0.320 e. The first-order valence-electron chi connectivity index (χ1n) is 4.55. The average molecular weight is 251 g/mol. The lowest BCUT2D eigenvalue weighted by atomic mass is 10.1. The molecule has 1 N–H and O–H groups in total. The number of rotatable bonds is 4. The van der Waals surface area contributed by atoms with Crippen molar-refractivity contribution in [3.05, 3.63) is 11.1 Å². The van der Waals surface area contributed by atoms with Gasteiger partial charge in [0.25, 0.3) is 0 Å². The summed E-state index contributed by atoms with van der Waals surface area (Å²) in [6, 6.07) is 0. The van der Waals surface area contributed by atoms with Gasteiger partial charge in [0.15, 0.2) is 5.92 Å². The number of hydrogen-bond donors (Lipinski definition) is 1. The van der Waals surface area contributed by atoms with Crippen molar-refractivity contribution in [1.29, 1.82) is 0 Å². The largest absolute Gasteiger partial charge is 0.480 e. The second-order valence-electron chi connectivity index (χ2n) is 4.43. The number of carboxylic acids is 1. The van der Waals surface area contributed by atoms with E-state index in [1.807, 2.05) is 0 Å². The fourth-order valence-corrected chi connectivity index (χ4v) is 2.02. The molecule has 1 saturated carbocycles. The van der Waals surface area contributed by atoms with Crippen LogP contribution in [0, 0.1) is 17.3 Å². The Morgan fingerprint density at radius 3 is 2.20 bits per heavy atom. The molecule has 2 atom stereocenters. The van der Waals surface area contributed by atoms with E-state index in [0.717, 1.165) is 6.42 Å². The molecule has 0 aromatic carbocycles. The van der Waals surface area contributed by atoms with Gasteiger partial charge in [0.2, 0.25) is 5.24 Å². The normalized spacial score (nSPS) is 25.9. The third-order valence-electron chi connectivity index (χ3n) is 2.70. The number of carboxylic acid groups (broad SMARTS) is 1. The Hall–Kier alpha value is -0.540. The van der Waals surface area contributed by atoms with Gasteiger partial charge in [-0.25, -0.2) is 0 Å². The quantitative estimate of drug-likeness (QED) is 0.617. The number of carbonyl (C=O) groups is 2. The molecule has 2 unspecified atom stereocenters. The molecule has 1 aliphatic carbocycles. The zero-order valence-corrected chi connectivity index (χ0v) is 9.97. The highest BCUT2D eigenvalue weighted by Gasteiger charge is 2.44.